The molecule has 0 spiro atoms. The summed E-state index contributed by atoms with van der Waals surface area (Å²) in [5.74, 6) is 2.59. The van der Waals surface area contributed by atoms with Crippen LogP contribution in [-0.2, 0) is 4.79 Å². The highest BCUT2D eigenvalue weighted by Crippen LogP contribution is 2.54. The van der Waals surface area contributed by atoms with Crippen molar-refractivity contribution in [3.05, 3.63) is 0 Å². The van der Waals surface area contributed by atoms with Gasteiger partial charge in [-0.05, 0) is 44.4 Å². The average molecular weight is 209 g/mol. The summed E-state index contributed by atoms with van der Waals surface area (Å²) in [5, 5.41) is 0. The molecule has 0 saturated heterocycles. The summed E-state index contributed by atoms with van der Waals surface area (Å²) in [5.41, 5.74) is 0. The molecule has 15 heavy (non-hydrogen) atoms. The second kappa shape index (κ2) is 4.15. The van der Waals surface area contributed by atoms with E-state index in [4.69, 9.17) is 0 Å². The van der Waals surface area contributed by atoms with E-state index in [1.54, 1.807) is 0 Å². The van der Waals surface area contributed by atoms with Gasteiger partial charge in [-0.1, -0.05) is 13.3 Å². The topological polar surface area (TPSA) is 20.3 Å². The molecule has 3 unspecified atom stereocenters. The fourth-order valence-corrected chi connectivity index (χ4v) is 3.03. The van der Waals surface area contributed by atoms with E-state index in [0.717, 1.165) is 24.7 Å². The Morgan fingerprint density at radius 1 is 1.33 bits per heavy atom. The highest BCUT2D eigenvalue weighted by atomic mass is 16.2. The number of rotatable bonds is 4. The number of carbonyl (C=O) groups excluding carboxylic acids is 1. The second-order valence-corrected chi connectivity index (χ2v) is 5.51. The van der Waals surface area contributed by atoms with Crippen molar-refractivity contribution in [2.24, 2.45) is 17.8 Å². The average Bonchev–Trinajstić information content (AvgIpc) is 2.84. The summed E-state index contributed by atoms with van der Waals surface area (Å²) in [6.07, 6.45) is 6.04. The SMILES string of the molecule is CCCC(C)N(C)C(=O)C1CC2CC2C1. The lowest BCUT2D eigenvalue weighted by Crippen LogP contribution is -2.38. The van der Waals surface area contributed by atoms with E-state index in [1.807, 2.05) is 11.9 Å². The van der Waals surface area contributed by atoms with Gasteiger partial charge < -0.3 is 4.90 Å². The van der Waals surface area contributed by atoms with Crippen molar-refractivity contribution in [2.75, 3.05) is 7.05 Å². The molecule has 2 heteroatoms. The third-order valence-corrected chi connectivity index (χ3v) is 4.31. The molecular formula is C13H23NO. The summed E-state index contributed by atoms with van der Waals surface area (Å²) in [7, 11) is 1.98. The van der Waals surface area contributed by atoms with Crippen LogP contribution in [0, 0.1) is 17.8 Å². The molecular weight excluding hydrogens is 186 g/mol. The first-order valence-corrected chi connectivity index (χ1v) is 6.40. The molecule has 0 heterocycles. The summed E-state index contributed by atoms with van der Waals surface area (Å²) >= 11 is 0. The highest BCUT2D eigenvalue weighted by Gasteiger charge is 2.48. The van der Waals surface area contributed by atoms with Crippen LogP contribution in [0.5, 0.6) is 0 Å². The molecule has 0 N–H and O–H groups in total. The van der Waals surface area contributed by atoms with Crippen LogP contribution < -0.4 is 0 Å². The number of amides is 1. The molecule has 0 aliphatic heterocycles. The molecule has 2 aliphatic carbocycles. The van der Waals surface area contributed by atoms with Crippen molar-refractivity contribution < 1.29 is 4.79 Å². The summed E-state index contributed by atoms with van der Waals surface area (Å²) in [4.78, 5) is 14.1. The van der Waals surface area contributed by atoms with Crippen LogP contribution in [0.2, 0.25) is 0 Å². The molecule has 2 nitrogen and oxygen atoms in total. The molecule has 0 radical (unpaired) electrons. The van der Waals surface area contributed by atoms with Gasteiger partial charge in [0.05, 0.1) is 0 Å². The quantitative estimate of drug-likeness (QED) is 0.697. The van der Waals surface area contributed by atoms with Crippen molar-refractivity contribution >= 4 is 5.91 Å². The van der Waals surface area contributed by atoms with Crippen LogP contribution in [0.25, 0.3) is 0 Å². The van der Waals surface area contributed by atoms with E-state index in [2.05, 4.69) is 13.8 Å². The van der Waals surface area contributed by atoms with Crippen molar-refractivity contribution in [2.45, 2.75) is 52.0 Å². The predicted octanol–water partition coefficient (Wildman–Crippen LogP) is 2.68. The molecule has 1 amide bonds. The molecule has 86 valence electrons. The monoisotopic (exact) mass is 209 g/mol. The third kappa shape index (κ3) is 2.19. The number of hydrogen-bond donors (Lipinski definition) is 0. The first kappa shape index (κ1) is 11.0. The fourth-order valence-electron chi connectivity index (χ4n) is 3.03. The second-order valence-electron chi connectivity index (χ2n) is 5.51. The lowest BCUT2D eigenvalue weighted by Gasteiger charge is -2.27. The largest absolute Gasteiger partial charge is 0.343 e. The van der Waals surface area contributed by atoms with E-state index < -0.39 is 0 Å². The molecule has 0 aromatic heterocycles. The fraction of sp³-hybridized carbons (Fsp3) is 0.923. The van der Waals surface area contributed by atoms with Crippen LogP contribution in [-0.4, -0.2) is 23.9 Å². The van der Waals surface area contributed by atoms with Gasteiger partial charge in [0.15, 0.2) is 0 Å². The van der Waals surface area contributed by atoms with Crippen molar-refractivity contribution in [1.29, 1.82) is 0 Å². The molecule has 0 aromatic carbocycles. The standard InChI is InChI=1S/C13H23NO/c1-4-5-9(2)14(3)13(15)12-7-10-6-11(10)8-12/h9-12H,4-8H2,1-3H3. The summed E-state index contributed by atoms with van der Waals surface area (Å²) < 4.78 is 0. The van der Waals surface area contributed by atoms with E-state index >= 15 is 0 Å². The van der Waals surface area contributed by atoms with Crippen molar-refractivity contribution in [1.82, 2.24) is 4.90 Å². The smallest absolute Gasteiger partial charge is 0.225 e. The van der Waals surface area contributed by atoms with Gasteiger partial charge in [-0.3, -0.25) is 4.79 Å². The van der Waals surface area contributed by atoms with Crippen LogP contribution in [0.3, 0.4) is 0 Å². The van der Waals surface area contributed by atoms with Crippen molar-refractivity contribution in [3.63, 3.8) is 0 Å². The predicted molar refractivity (Wildman–Crippen MR) is 61.5 cm³/mol. The maximum atomic E-state index is 12.2. The number of carbonyl (C=O) groups is 1. The zero-order valence-corrected chi connectivity index (χ0v) is 10.2. The Morgan fingerprint density at radius 3 is 2.47 bits per heavy atom. The summed E-state index contributed by atoms with van der Waals surface area (Å²) in [6, 6.07) is 0.416. The number of fused-ring (bicyclic) bond motifs is 1. The summed E-state index contributed by atoms with van der Waals surface area (Å²) in [6.45, 7) is 4.34. The van der Waals surface area contributed by atoms with Crippen LogP contribution in [0.1, 0.15) is 46.0 Å². The van der Waals surface area contributed by atoms with Crippen LogP contribution in [0.15, 0.2) is 0 Å². The Hall–Kier alpha value is -0.530. The van der Waals surface area contributed by atoms with Crippen LogP contribution in [0.4, 0.5) is 0 Å². The third-order valence-electron chi connectivity index (χ3n) is 4.31. The zero-order valence-electron chi connectivity index (χ0n) is 10.2. The van der Waals surface area contributed by atoms with E-state index in [1.165, 1.54) is 19.3 Å². The number of hydrogen-bond acceptors (Lipinski definition) is 1. The zero-order chi connectivity index (χ0) is 11.0. The van der Waals surface area contributed by atoms with Gasteiger partial charge in [-0.15, -0.1) is 0 Å². The van der Waals surface area contributed by atoms with E-state index in [9.17, 15) is 4.79 Å². The van der Waals surface area contributed by atoms with Crippen LogP contribution >= 0.6 is 0 Å². The maximum Gasteiger partial charge on any atom is 0.225 e. The highest BCUT2D eigenvalue weighted by molar-refractivity contribution is 5.79. The minimum atomic E-state index is 0.359. The Kier molecular flexibility index (Phi) is 3.03. The maximum absolute atomic E-state index is 12.2. The molecule has 0 aromatic rings. The van der Waals surface area contributed by atoms with Gasteiger partial charge in [0.25, 0.3) is 0 Å². The molecule has 0 bridgehead atoms. The number of nitrogens with zero attached hydrogens (tertiary/aromatic N) is 1. The molecule has 3 atom stereocenters. The van der Waals surface area contributed by atoms with Gasteiger partial charge in [0.1, 0.15) is 0 Å². The van der Waals surface area contributed by atoms with Gasteiger partial charge >= 0.3 is 0 Å². The Bertz CT molecular complexity index is 241. The van der Waals surface area contributed by atoms with E-state index in [-0.39, 0.29) is 0 Å². The normalized spacial score (nSPS) is 34.7. The lowest BCUT2D eigenvalue weighted by molar-refractivity contribution is -0.136. The minimum absolute atomic E-state index is 0.359. The van der Waals surface area contributed by atoms with E-state index in [0.29, 0.717) is 17.9 Å². The minimum Gasteiger partial charge on any atom is -0.343 e. The Balaban J connectivity index is 1.84. The Labute approximate surface area is 93.0 Å². The Morgan fingerprint density at radius 2 is 1.93 bits per heavy atom. The van der Waals surface area contributed by atoms with Gasteiger partial charge in [0, 0.05) is 19.0 Å². The molecule has 2 fully saturated rings. The van der Waals surface area contributed by atoms with Gasteiger partial charge in [-0.2, -0.15) is 0 Å². The van der Waals surface area contributed by atoms with Gasteiger partial charge in [-0.25, -0.2) is 0 Å². The first-order chi connectivity index (χ1) is 7.13. The molecule has 2 aliphatic rings. The first-order valence-electron chi connectivity index (χ1n) is 6.40. The molecule has 2 saturated carbocycles. The lowest BCUT2D eigenvalue weighted by atomic mass is 10.0. The molecule has 2 rings (SSSR count). The van der Waals surface area contributed by atoms with Gasteiger partial charge in [0.2, 0.25) is 5.91 Å². The van der Waals surface area contributed by atoms with Crippen molar-refractivity contribution in [3.8, 4) is 0 Å².